The van der Waals surface area contributed by atoms with Gasteiger partial charge >= 0.3 is 5.97 Å². The third-order valence-electron chi connectivity index (χ3n) is 6.47. The molecule has 3 atom stereocenters. The average Bonchev–Trinajstić information content (AvgIpc) is 3.01. The summed E-state index contributed by atoms with van der Waals surface area (Å²) in [6, 6.07) is 33.2. The maximum absolute atomic E-state index is 13.4. The first-order chi connectivity index (χ1) is 19.5. The minimum Gasteiger partial charge on any atom is -0.489 e. The number of alkyl halides is 1. The highest BCUT2D eigenvalue weighted by Gasteiger charge is 2.52. The number of likely N-dealkylation sites (tertiary alicyclic amines) is 1. The lowest BCUT2D eigenvalue weighted by Gasteiger charge is -2.45. The smallest absolute Gasteiger partial charge is 0.333 e. The number of β-lactam (4-membered cyclic amide) rings is 1. The zero-order valence-corrected chi connectivity index (χ0v) is 22.9. The summed E-state index contributed by atoms with van der Waals surface area (Å²) in [6.45, 7) is 0.462. The van der Waals surface area contributed by atoms with Crippen LogP contribution in [0.3, 0.4) is 0 Å². The van der Waals surface area contributed by atoms with Crippen LogP contribution < -0.4 is 4.74 Å². The Morgan fingerprint density at radius 2 is 1.35 bits per heavy atom. The number of rotatable bonds is 10. The highest BCUT2D eigenvalue weighted by atomic mass is 35.5. The predicted octanol–water partition coefficient (Wildman–Crippen LogP) is 6.51. The van der Waals surface area contributed by atoms with Gasteiger partial charge in [0, 0.05) is 5.56 Å². The topological polar surface area (TPSA) is 68.2 Å². The SMILES string of the molecule is O=C(OCc1ccccc1)C(c1ccc(OCc2ccccc2)cc1)N1C(=O)[C@@H](/N=C(\Cl)c2ccccc2)[C@H]1Cl. The standard InChI is InChI=1S/C32H26Cl2N2O4/c33-29(25-14-8-3-9-15-25)35-27-30(34)36(31(27)37)28(32(38)40-21-23-12-6-2-7-13-23)24-16-18-26(19-17-24)39-20-22-10-4-1-5-11-22/h1-19,27-28,30H,20-21H2/b35-29-/t27-,28?,30-/m0/s1. The molecule has 1 aliphatic heterocycles. The minimum atomic E-state index is -1.07. The van der Waals surface area contributed by atoms with Crippen molar-refractivity contribution in [1.29, 1.82) is 0 Å². The molecule has 202 valence electrons. The second-order valence-corrected chi connectivity index (χ2v) is 9.99. The molecule has 0 aromatic heterocycles. The van der Waals surface area contributed by atoms with Crippen LogP contribution in [-0.2, 0) is 27.5 Å². The van der Waals surface area contributed by atoms with Gasteiger partial charge in [0.25, 0.3) is 5.91 Å². The molecule has 1 aliphatic rings. The Kier molecular flexibility index (Phi) is 8.79. The number of nitrogens with zero attached hydrogens (tertiary/aromatic N) is 2. The van der Waals surface area contributed by atoms with E-state index < -0.39 is 29.5 Å². The predicted molar refractivity (Wildman–Crippen MR) is 155 cm³/mol. The fraction of sp³-hybridized carbons (Fsp3) is 0.156. The van der Waals surface area contributed by atoms with Crippen LogP contribution in [0.4, 0.5) is 0 Å². The second-order valence-electron chi connectivity index (χ2n) is 9.19. The van der Waals surface area contributed by atoms with E-state index in [1.165, 1.54) is 4.90 Å². The molecule has 0 saturated carbocycles. The van der Waals surface area contributed by atoms with Gasteiger partial charge in [0.15, 0.2) is 12.1 Å². The lowest BCUT2D eigenvalue weighted by Crippen LogP contribution is -2.63. The Labute approximate surface area is 242 Å². The Hall–Kier alpha value is -4.13. The van der Waals surface area contributed by atoms with Gasteiger partial charge in [0.2, 0.25) is 0 Å². The quantitative estimate of drug-likeness (QED) is 0.0713. The monoisotopic (exact) mass is 572 g/mol. The molecule has 1 saturated heterocycles. The van der Waals surface area contributed by atoms with Gasteiger partial charge in [-0.15, -0.1) is 0 Å². The van der Waals surface area contributed by atoms with E-state index >= 15 is 0 Å². The zero-order valence-electron chi connectivity index (χ0n) is 21.4. The van der Waals surface area contributed by atoms with Crippen molar-refractivity contribution in [3.8, 4) is 5.75 Å². The van der Waals surface area contributed by atoms with Crippen LogP contribution >= 0.6 is 23.2 Å². The van der Waals surface area contributed by atoms with E-state index in [0.29, 0.717) is 23.5 Å². The fourth-order valence-corrected chi connectivity index (χ4v) is 4.93. The average molecular weight is 573 g/mol. The Morgan fingerprint density at radius 3 is 1.93 bits per heavy atom. The summed E-state index contributed by atoms with van der Waals surface area (Å²) in [7, 11) is 0. The molecule has 5 rings (SSSR count). The van der Waals surface area contributed by atoms with Crippen molar-refractivity contribution in [1.82, 2.24) is 4.90 Å². The first-order valence-electron chi connectivity index (χ1n) is 12.7. The van der Waals surface area contributed by atoms with Gasteiger partial charge in [-0.1, -0.05) is 126 Å². The first kappa shape index (κ1) is 27.4. The molecule has 40 heavy (non-hydrogen) atoms. The number of halogens is 2. The largest absolute Gasteiger partial charge is 0.489 e. The lowest BCUT2D eigenvalue weighted by molar-refractivity contribution is -0.164. The molecule has 6 nitrogen and oxygen atoms in total. The first-order valence-corrected chi connectivity index (χ1v) is 13.5. The number of hydrogen-bond donors (Lipinski definition) is 0. The normalized spacial score (nSPS) is 17.6. The van der Waals surface area contributed by atoms with E-state index in [4.69, 9.17) is 32.7 Å². The van der Waals surface area contributed by atoms with E-state index in [9.17, 15) is 9.59 Å². The van der Waals surface area contributed by atoms with Crippen LogP contribution in [0.25, 0.3) is 0 Å². The molecule has 1 fully saturated rings. The number of amides is 1. The molecule has 1 unspecified atom stereocenters. The van der Waals surface area contributed by atoms with Crippen molar-refractivity contribution >= 4 is 40.2 Å². The van der Waals surface area contributed by atoms with Crippen molar-refractivity contribution < 1.29 is 19.1 Å². The van der Waals surface area contributed by atoms with Gasteiger partial charge < -0.3 is 14.4 Å². The molecule has 4 aromatic carbocycles. The number of hydrogen-bond acceptors (Lipinski definition) is 5. The van der Waals surface area contributed by atoms with Gasteiger partial charge in [0.1, 0.15) is 29.6 Å². The highest BCUT2D eigenvalue weighted by Crippen LogP contribution is 2.38. The maximum Gasteiger partial charge on any atom is 0.333 e. The zero-order chi connectivity index (χ0) is 27.9. The minimum absolute atomic E-state index is 0.0604. The Balaban J connectivity index is 1.35. The number of benzene rings is 4. The number of aliphatic imine (C=N–C) groups is 1. The number of esters is 1. The van der Waals surface area contributed by atoms with Crippen molar-refractivity contribution in [2.45, 2.75) is 30.8 Å². The Bertz CT molecular complexity index is 1470. The molecule has 8 heteroatoms. The van der Waals surface area contributed by atoms with Crippen molar-refractivity contribution in [3.05, 3.63) is 138 Å². The molecule has 0 radical (unpaired) electrons. The molecule has 1 heterocycles. The van der Waals surface area contributed by atoms with Crippen molar-refractivity contribution in [3.63, 3.8) is 0 Å². The fourth-order valence-electron chi connectivity index (χ4n) is 4.33. The van der Waals surface area contributed by atoms with Crippen LogP contribution in [0.1, 0.15) is 28.3 Å². The molecule has 0 spiro atoms. The van der Waals surface area contributed by atoms with E-state index in [-0.39, 0.29) is 11.8 Å². The van der Waals surface area contributed by atoms with E-state index in [1.54, 1.807) is 36.4 Å². The third-order valence-corrected chi connectivity index (χ3v) is 7.23. The van der Waals surface area contributed by atoms with Crippen LogP contribution in [0.15, 0.2) is 120 Å². The van der Waals surface area contributed by atoms with Crippen LogP contribution in [0.5, 0.6) is 5.75 Å². The number of ether oxygens (including phenoxy) is 2. The lowest BCUT2D eigenvalue weighted by atomic mass is 9.98. The molecular formula is C32H26Cl2N2O4. The van der Waals surface area contributed by atoms with Crippen LogP contribution in [0, 0.1) is 0 Å². The molecule has 1 amide bonds. The highest BCUT2D eigenvalue weighted by molar-refractivity contribution is 6.69. The Morgan fingerprint density at radius 1 is 0.800 bits per heavy atom. The van der Waals surface area contributed by atoms with Gasteiger partial charge in [0.05, 0.1) is 0 Å². The van der Waals surface area contributed by atoms with Gasteiger partial charge in [-0.25, -0.2) is 4.79 Å². The summed E-state index contributed by atoms with van der Waals surface area (Å²) in [5, 5.41) is 0.173. The second kappa shape index (κ2) is 12.8. The maximum atomic E-state index is 13.4. The summed E-state index contributed by atoms with van der Waals surface area (Å²) in [5.41, 5.74) is 2.18. The van der Waals surface area contributed by atoms with Crippen molar-refractivity contribution in [2.24, 2.45) is 4.99 Å². The summed E-state index contributed by atoms with van der Waals surface area (Å²) >= 11 is 13.0. The third kappa shape index (κ3) is 6.36. The number of carbonyl (C=O) groups is 2. The van der Waals surface area contributed by atoms with E-state index in [2.05, 4.69) is 4.99 Å². The van der Waals surface area contributed by atoms with Crippen molar-refractivity contribution in [2.75, 3.05) is 0 Å². The number of carbonyl (C=O) groups excluding carboxylic acids is 2. The van der Waals surface area contributed by atoms with Crippen LogP contribution in [0.2, 0.25) is 0 Å². The molecule has 0 N–H and O–H groups in total. The molecular weight excluding hydrogens is 547 g/mol. The van der Waals surface area contributed by atoms with Gasteiger partial charge in [-0.3, -0.25) is 9.79 Å². The van der Waals surface area contributed by atoms with E-state index in [1.807, 2.05) is 78.9 Å². The van der Waals surface area contributed by atoms with Crippen LogP contribution in [-0.4, -0.2) is 33.5 Å². The summed E-state index contributed by atoms with van der Waals surface area (Å²) in [4.78, 5) is 32.4. The van der Waals surface area contributed by atoms with Gasteiger partial charge in [-0.05, 0) is 28.8 Å². The molecule has 0 aliphatic carbocycles. The van der Waals surface area contributed by atoms with E-state index in [0.717, 1.165) is 11.1 Å². The summed E-state index contributed by atoms with van der Waals surface area (Å²) in [6.07, 6.45) is 0. The molecule has 4 aromatic rings. The summed E-state index contributed by atoms with van der Waals surface area (Å²) in [5.74, 6) is -0.393. The summed E-state index contributed by atoms with van der Waals surface area (Å²) < 4.78 is 11.5. The van der Waals surface area contributed by atoms with Gasteiger partial charge in [-0.2, -0.15) is 0 Å². The molecule has 0 bridgehead atoms.